The summed E-state index contributed by atoms with van der Waals surface area (Å²) in [6.07, 6.45) is 2.95. The first-order valence-electron chi connectivity index (χ1n) is 11.7. The third-order valence-electron chi connectivity index (χ3n) is 5.69. The van der Waals surface area contributed by atoms with Crippen LogP contribution in [0.15, 0.2) is 54.6 Å². The summed E-state index contributed by atoms with van der Waals surface area (Å²) in [5.74, 6) is 1.72. The zero-order chi connectivity index (χ0) is 23.6. The number of anilines is 1. The van der Waals surface area contributed by atoms with Crippen LogP contribution in [0.3, 0.4) is 0 Å². The van der Waals surface area contributed by atoms with Gasteiger partial charge in [-0.3, -0.25) is 4.79 Å². The largest absolute Gasteiger partial charge is 0.457 e. The maximum Gasteiger partial charge on any atom is 0.219 e. The molecule has 1 amide bonds. The number of nitrogens with zero attached hydrogens (tertiary/aromatic N) is 2. The van der Waals surface area contributed by atoms with Crippen molar-refractivity contribution in [2.45, 2.75) is 52.2 Å². The average Bonchev–Trinajstić information content (AvgIpc) is 2.81. The molecular weight excluding hydrogens is 434 g/mol. The zero-order valence-corrected chi connectivity index (χ0v) is 20.6. The van der Waals surface area contributed by atoms with Gasteiger partial charge in [0.1, 0.15) is 11.5 Å². The van der Waals surface area contributed by atoms with E-state index in [0.717, 1.165) is 56.1 Å². The van der Waals surface area contributed by atoms with E-state index >= 15 is 0 Å². The molecule has 0 saturated carbocycles. The molecule has 1 fully saturated rings. The normalized spacial score (nSPS) is 14.2. The number of amides is 1. The van der Waals surface area contributed by atoms with E-state index in [1.165, 1.54) is 0 Å². The average molecular weight is 470 g/mol. The van der Waals surface area contributed by atoms with Crippen molar-refractivity contribution in [1.29, 1.82) is 0 Å². The number of hydrogen-bond acceptors (Lipinski definition) is 4. The Bertz CT molecular complexity index is 881. The number of piperidine rings is 1. The fourth-order valence-corrected chi connectivity index (χ4v) is 4.28. The molecule has 33 heavy (non-hydrogen) atoms. The molecule has 7 heteroatoms. The number of carbonyl (C=O) groups excluding carboxylic acids is 1. The first kappa shape index (κ1) is 25.0. The predicted molar refractivity (Wildman–Crippen MR) is 137 cm³/mol. The Balaban J connectivity index is 1.60. The van der Waals surface area contributed by atoms with Crippen molar-refractivity contribution < 1.29 is 14.3 Å². The monoisotopic (exact) mass is 469 g/mol. The second-order valence-corrected chi connectivity index (χ2v) is 8.96. The summed E-state index contributed by atoms with van der Waals surface area (Å²) in [5, 5.41) is 4.10. The molecule has 0 spiro atoms. The van der Waals surface area contributed by atoms with Crippen LogP contribution in [-0.2, 0) is 9.53 Å². The molecule has 1 N–H and O–H groups in total. The highest BCUT2D eigenvalue weighted by atomic mass is 32.1. The lowest BCUT2D eigenvalue weighted by Crippen LogP contribution is -2.50. The molecule has 0 unspecified atom stereocenters. The van der Waals surface area contributed by atoms with Gasteiger partial charge in [0.25, 0.3) is 0 Å². The molecule has 2 aromatic carbocycles. The van der Waals surface area contributed by atoms with Crippen LogP contribution in [0.5, 0.6) is 11.5 Å². The van der Waals surface area contributed by atoms with Gasteiger partial charge < -0.3 is 24.6 Å². The highest BCUT2D eigenvalue weighted by Gasteiger charge is 2.27. The van der Waals surface area contributed by atoms with E-state index in [0.29, 0.717) is 17.8 Å². The van der Waals surface area contributed by atoms with E-state index in [9.17, 15) is 4.79 Å². The molecule has 1 saturated heterocycles. The van der Waals surface area contributed by atoms with E-state index in [2.05, 4.69) is 10.2 Å². The molecule has 0 atom stereocenters. The van der Waals surface area contributed by atoms with Crippen LogP contribution < -0.4 is 10.1 Å². The van der Waals surface area contributed by atoms with Crippen molar-refractivity contribution in [1.82, 2.24) is 9.80 Å². The topological polar surface area (TPSA) is 54.0 Å². The standard InChI is InChI=1S/C26H35N3O3S/c1-20(2)31-19-7-16-29(23-14-17-28(18-15-23)21(3)30)26(33)27-22-10-12-25(13-11-22)32-24-8-5-4-6-9-24/h4-6,8-13,20,23H,7,14-19H2,1-3H3,(H,27,33). The Morgan fingerprint density at radius 1 is 1.09 bits per heavy atom. The van der Waals surface area contributed by atoms with Gasteiger partial charge in [0.05, 0.1) is 6.10 Å². The second-order valence-electron chi connectivity index (χ2n) is 8.57. The smallest absolute Gasteiger partial charge is 0.219 e. The summed E-state index contributed by atoms with van der Waals surface area (Å²) >= 11 is 5.82. The Hall–Kier alpha value is -2.64. The molecule has 6 nitrogen and oxygen atoms in total. The van der Waals surface area contributed by atoms with Crippen molar-refractivity contribution in [2.24, 2.45) is 0 Å². The zero-order valence-electron chi connectivity index (χ0n) is 19.8. The highest BCUT2D eigenvalue weighted by molar-refractivity contribution is 7.80. The van der Waals surface area contributed by atoms with Crippen LogP contribution >= 0.6 is 12.2 Å². The molecule has 1 aliphatic rings. The van der Waals surface area contributed by atoms with Crippen LogP contribution in [-0.4, -0.2) is 59.2 Å². The fourth-order valence-electron chi connectivity index (χ4n) is 3.92. The minimum Gasteiger partial charge on any atom is -0.457 e. The van der Waals surface area contributed by atoms with Gasteiger partial charge in [-0.05, 0) is 81.7 Å². The van der Waals surface area contributed by atoms with Crippen LogP contribution in [0.1, 0.15) is 40.0 Å². The number of hydrogen-bond donors (Lipinski definition) is 1. The second kappa shape index (κ2) is 12.6. The van der Waals surface area contributed by atoms with E-state index in [-0.39, 0.29) is 12.0 Å². The molecule has 0 bridgehead atoms. The highest BCUT2D eigenvalue weighted by Crippen LogP contribution is 2.24. The van der Waals surface area contributed by atoms with E-state index in [1.54, 1.807) is 6.92 Å². The number of likely N-dealkylation sites (tertiary alicyclic amines) is 1. The lowest BCUT2D eigenvalue weighted by Gasteiger charge is -2.39. The molecule has 0 radical (unpaired) electrons. The molecule has 1 aliphatic heterocycles. The SMILES string of the molecule is CC(=O)N1CCC(N(CCCOC(C)C)C(=S)Nc2ccc(Oc3ccccc3)cc2)CC1. The molecule has 1 heterocycles. The number of nitrogens with one attached hydrogen (secondary N) is 1. The quantitative estimate of drug-likeness (QED) is 0.397. The molecule has 178 valence electrons. The third kappa shape index (κ3) is 8.02. The molecule has 2 aromatic rings. The van der Waals surface area contributed by atoms with Gasteiger partial charge in [0, 0.05) is 44.9 Å². The summed E-state index contributed by atoms with van der Waals surface area (Å²) in [6, 6.07) is 17.8. The number of ether oxygens (including phenoxy) is 2. The lowest BCUT2D eigenvalue weighted by atomic mass is 10.0. The summed E-state index contributed by atoms with van der Waals surface area (Å²) in [7, 11) is 0. The van der Waals surface area contributed by atoms with E-state index in [4.69, 9.17) is 21.7 Å². The molecule has 0 aliphatic carbocycles. The van der Waals surface area contributed by atoms with Gasteiger partial charge >= 0.3 is 0 Å². The Morgan fingerprint density at radius 2 is 1.73 bits per heavy atom. The Kier molecular flexibility index (Phi) is 9.51. The van der Waals surface area contributed by atoms with Crippen LogP contribution in [0, 0.1) is 0 Å². The maximum absolute atomic E-state index is 11.7. The van der Waals surface area contributed by atoms with Gasteiger partial charge in [-0.2, -0.15) is 0 Å². The maximum atomic E-state index is 11.7. The minimum absolute atomic E-state index is 0.142. The number of para-hydroxylation sites is 1. The molecule has 3 rings (SSSR count). The van der Waals surface area contributed by atoms with Crippen LogP contribution in [0.25, 0.3) is 0 Å². The number of benzene rings is 2. The summed E-state index contributed by atoms with van der Waals surface area (Å²) in [5.41, 5.74) is 0.921. The van der Waals surface area contributed by atoms with E-state index in [1.807, 2.05) is 73.3 Å². The summed E-state index contributed by atoms with van der Waals surface area (Å²) in [4.78, 5) is 15.9. The van der Waals surface area contributed by atoms with Crippen LogP contribution in [0.4, 0.5) is 5.69 Å². The minimum atomic E-state index is 0.142. The van der Waals surface area contributed by atoms with Gasteiger partial charge in [0.2, 0.25) is 5.91 Å². The van der Waals surface area contributed by atoms with E-state index < -0.39 is 0 Å². The first-order chi connectivity index (χ1) is 15.9. The fraction of sp³-hybridized carbons (Fsp3) is 0.462. The van der Waals surface area contributed by atoms with Crippen molar-refractivity contribution in [3.63, 3.8) is 0 Å². The Morgan fingerprint density at radius 3 is 2.33 bits per heavy atom. The van der Waals surface area contributed by atoms with Gasteiger partial charge in [-0.25, -0.2) is 0 Å². The third-order valence-corrected chi connectivity index (χ3v) is 6.03. The van der Waals surface area contributed by atoms with Crippen molar-refractivity contribution in [2.75, 3.05) is 31.6 Å². The van der Waals surface area contributed by atoms with Crippen molar-refractivity contribution >= 4 is 28.9 Å². The number of carbonyl (C=O) groups is 1. The summed E-state index contributed by atoms with van der Waals surface area (Å²) in [6.45, 7) is 8.80. The Labute approximate surface area is 202 Å². The van der Waals surface area contributed by atoms with Gasteiger partial charge in [0.15, 0.2) is 5.11 Å². The van der Waals surface area contributed by atoms with Crippen LogP contribution in [0.2, 0.25) is 0 Å². The lowest BCUT2D eigenvalue weighted by molar-refractivity contribution is -0.130. The van der Waals surface area contributed by atoms with Crippen molar-refractivity contribution in [3.8, 4) is 11.5 Å². The summed E-state index contributed by atoms with van der Waals surface area (Å²) < 4.78 is 11.6. The first-order valence-corrected chi connectivity index (χ1v) is 12.1. The van der Waals surface area contributed by atoms with Gasteiger partial charge in [-0.1, -0.05) is 18.2 Å². The molecular formula is C26H35N3O3S. The molecule has 0 aromatic heterocycles. The number of rotatable bonds is 9. The number of thiocarbonyl (C=S) groups is 1. The van der Waals surface area contributed by atoms with Gasteiger partial charge in [-0.15, -0.1) is 0 Å². The predicted octanol–water partition coefficient (Wildman–Crippen LogP) is 5.30. The van der Waals surface area contributed by atoms with Crippen molar-refractivity contribution in [3.05, 3.63) is 54.6 Å².